The van der Waals surface area contributed by atoms with Crippen molar-refractivity contribution in [1.82, 2.24) is 15.2 Å². The second-order valence-electron chi connectivity index (χ2n) is 7.86. The van der Waals surface area contributed by atoms with Crippen LogP contribution in [-0.2, 0) is 11.3 Å². The van der Waals surface area contributed by atoms with Crippen LogP contribution < -0.4 is 5.32 Å². The highest BCUT2D eigenvalue weighted by Crippen LogP contribution is 2.36. The van der Waals surface area contributed by atoms with Gasteiger partial charge in [0.2, 0.25) is 5.91 Å². The molecule has 4 nitrogen and oxygen atoms in total. The molecule has 26 heavy (non-hydrogen) atoms. The number of fused-ring (bicyclic) bond motifs is 1. The van der Waals surface area contributed by atoms with E-state index in [1.54, 1.807) is 0 Å². The maximum Gasteiger partial charge on any atom is 0.240 e. The maximum absolute atomic E-state index is 13.3. The number of rotatable bonds is 4. The van der Waals surface area contributed by atoms with Crippen molar-refractivity contribution < 1.29 is 4.79 Å². The molecule has 4 rings (SSSR count). The van der Waals surface area contributed by atoms with Crippen molar-refractivity contribution in [2.45, 2.75) is 63.5 Å². The molecule has 2 fully saturated rings. The third-order valence-electron chi connectivity index (χ3n) is 6.16. The molecule has 1 aromatic heterocycles. The molecule has 4 heteroatoms. The molecule has 0 atom stereocenters. The summed E-state index contributed by atoms with van der Waals surface area (Å²) in [5.41, 5.74) is 1.80. The molecule has 1 N–H and O–H groups in total. The number of carbonyl (C=O) groups excluding carboxylic acids is 1. The first-order chi connectivity index (χ1) is 12.8. The lowest BCUT2D eigenvalue weighted by Crippen LogP contribution is -2.60. The van der Waals surface area contributed by atoms with Gasteiger partial charge in [-0.1, -0.05) is 43.9 Å². The first kappa shape index (κ1) is 17.5. The Bertz CT molecular complexity index is 761. The number of amides is 1. The van der Waals surface area contributed by atoms with E-state index >= 15 is 0 Å². The van der Waals surface area contributed by atoms with E-state index in [2.05, 4.69) is 27.3 Å². The summed E-state index contributed by atoms with van der Waals surface area (Å²) in [6.07, 6.45) is 11.3. The fourth-order valence-corrected chi connectivity index (χ4v) is 4.71. The van der Waals surface area contributed by atoms with Crippen LogP contribution in [0.15, 0.2) is 36.5 Å². The lowest BCUT2D eigenvalue weighted by molar-refractivity contribution is -0.137. The van der Waals surface area contributed by atoms with Crippen LogP contribution in [0.25, 0.3) is 10.9 Å². The first-order valence-electron chi connectivity index (χ1n) is 10.1. The van der Waals surface area contributed by atoms with E-state index in [9.17, 15) is 4.79 Å². The Kier molecular flexibility index (Phi) is 5.21. The molecule has 0 unspecified atom stereocenters. The van der Waals surface area contributed by atoms with E-state index in [0.29, 0.717) is 6.54 Å². The fraction of sp³-hybridized carbons (Fsp3) is 0.545. The van der Waals surface area contributed by atoms with Gasteiger partial charge in [0.15, 0.2) is 0 Å². The van der Waals surface area contributed by atoms with Crippen molar-refractivity contribution in [1.29, 1.82) is 0 Å². The molecule has 1 aromatic carbocycles. The van der Waals surface area contributed by atoms with Gasteiger partial charge in [-0.3, -0.25) is 14.7 Å². The Balaban J connectivity index is 1.48. The number of carbonyl (C=O) groups is 1. The molecule has 0 radical (unpaired) electrons. The lowest BCUT2D eigenvalue weighted by atomic mass is 9.78. The van der Waals surface area contributed by atoms with E-state index < -0.39 is 0 Å². The Morgan fingerprint density at radius 3 is 2.58 bits per heavy atom. The van der Waals surface area contributed by atoms with E-state index in [1.165, 1.54) is 38.5 Å². The third-order valence-corrected chi connectivity index (χ3v) is 6.16. The van der Waals surface area contributed by atoms with Gasteiger partial charge in [0, 0.05) is 18.1 Å². The number of benzene rings is 1. The van der Waals surface area contributed by atoms with Crippen molar-refractivity contribution in [3.63, 3.8) is 0 Å². The van der Waals surface area contributed by atoms with Gasteiger partial charge in [-0.05, 0) is 56.5 Å². The Hall–Kier alpha value is -1.94. The van der Waals surface area contributed by atoms with E-state index in [-0.39, 0.29) is 11.4 Å². The minimum absolute atomic E-state index is 0.229. The van der Waals surface area contributed by atoms with Crippen LogP contribution in [0, 0.1) is 0 Å². The van der Waals surface area contributed by atoms with Gasteiger partial charge in [0.05, 0.1) is 5.52 Å². The van der Waals surface area contributed by atoms with Crippen LogP contribution in [0.1, 0.15) is 56.9 Å². The van der Waals surface area contributed by atoms with Crippen molar-refractivity contribution in [2.24, 2.45) is 0 Å². The fourth-order valence-electron chi connectivity index (χ4n) is 4.71. The average Bonchev–Trinajstić information content (AvgIpc) is 2.73. The molecular weight excluding hydrogens is 322 g/mol. The zero-order chi connectivity index (χ0) is 17.8. The molecular formula is C22H29N3O. The van der Waals surface area contributed by atoms with Gasteiger partial charge in [-0.25, -0.2) is 0 Å². The molecule has 1 amide bonds. The summed E-state index contributed by atoms with van der Waals surface area (Å²) >= 11 is 0. The Morgan fingerprint density at radius 1 is 1.04 bits per heavy atom. The molecule has 2 heterocycles. The summed E-state index contributed by atoms with van der Waals surface area (Å²) in [5, 5.41) is 4.38. The molecule has 2 aromatic rings. The van der Waals surface area contributed by atoms with Crippen LogP contribution in [-0.4, -0.2) is 34.4 Å². The van der Waals surface area contributed by atoms with Gasteiger partial charge < -0.3 is 5.32 Å². The van der Waals surface area contributed by atoms with Crippen molar-refractivity contribution >= 4 is 16.8 Å². The minimum atomic E-state index is -0.275. The van der Waals surface area contributed by atoms with Crippen molar-refractivity contribution in [3.8, 4) is 0 Å². The molecule has 1 saturated carbocycles. The summed E-state index contributed by atoms with van der Waals surface area (Å²) in [7, 11) is 0. The monoisotopic (exact) mass is 351 g/mol. The van der Waals surface area contributed by atoms with Crippen LogP contribution in [0.5, 0.6) is 0 Å². The standard InChI is InChI=1S/C22H29N3O/c26-21(22(11-5-1-6-12-22)25-13-7-2-8-14-25)24-17-18-15-19-9-3-4-10-20(19)23-16-18/h3-4,9-10,15-16H,1-2,5-8,11-14,17H2,(H,24,26). The molecule has 0 spiro atoms. The van der Waals surface area contributed by atoms with Crippen molar-refractivity contribution in [2.75, 3.05) is 13.1 Å². The third kappa shape index (κ3) is 3.48. The number of piperidine rings is 1. The average molecular weight is 351 g/mol. The summed E-state index contributed by atoms with van der Waals surface area (Å²) in [5.74, 6) is 0.229. The van der Waals surface area contributed by atoms with Gasteiger partial charge in [0.1, 0.15) is 5.54 Å². The molecule has 138 valence electrons. The van der Waals surface area contributed by atoms with Crippen LogP contribution in [0.3, 0.4) is 0 Å². The van der Waals surface area contributed by atoms with E-state index in [0.717, 1.165) is 42.4 Å². The largest absolute Gasteiger partial charge is 0.350 e. The predicted octanol–water partition coefficient (Wildman–Crippen LogP) is 4.04. The number of likely N-dealkylation sites (tertiary alicyclic amines) is 1. The second-order valence-corrected chi connectivity index (χ2v) is 7.86. The van der Waals surface area contributed by atoms with Crippen LogP contribution in [0.4, 0.5) is 0 Å². The Morgan fingerprint density at radius 2 is 1.77 bits per heavy atom. The van der Waals surface area contributed by atoms with Gasteiger partial charge in [-0.2, -0.15) is 0 Å². The summed E-state index contributed by atoms with van der Waals surface area (Å²) in [6, 6.07) is 10.3. The summed E-state index contributed by atoms with van der Waals surface area (Å²) in [4.78, 5) is 20.3. The zero-order valence-corrected chi connectivity index (χ0v) is 15.5. The molecule has 2 aliphatic rings. The van der Waals surface area contributed by atoms with Crippen LogP contribution in [0.2, 0.25) is 0 Å². The first-order valence-corrected chi connectivity index (χ1v) is 10.1. The molecule has 1 aliphatic carbocycles. The highest BCUT2D eigenvalue weighted by molar-refractivity contribution is 5.86. The Labute approximate surface area is 156 Å². The minimum Gasteiger partial charge on any atom is -0.350 e. The van der Waals surface area contributed by atoms with E-state index in [1.807, 2.05) is 24.4 Å². The quantitative estimate of drug-likeness (QED) is 0.904. The number of nitrogens with one attached hydrogen (secondary N) is 1. The summed E-state index contributed by atoms with van der Waals surface area (Å²) in [6.45, 7) is 2.71. The number of nitrogens with zero attached hydrogens (tertiary/aromatic N) is 2. The number of para-hydroxylation sites is 1. The molecule has 1 saturated heterocycles. The van der Waals surface area contributed by atoms with Crippen LogP contribution >= 0.6 is 0 Å². The number of pyridine rings is 1. The van der Waals surface area contributed by atoms with Gasteiger partial charge in [-0.15, -0.1) is 0 Å². The second kappa shape index (κ2) is 7.75. The highest BCUT2D eigenvalue weighted by Gasteiger charge is 2.44. The summed E-state index contributed by atoms with van der Waals surface area (Å²) < 4.78 is 0. The normalized spacial score (nSPS) is 20.8. The van der Waals surface area contributed by atoms with E-state index in [4.69, 9.17) is 0 Å². The zero-order valence-electron chi connectivity index (χ0n) is 15.5. The smallest absolute Gasteiger partial charge is 0.240 e. The molecule has 1 aliphatic heterocycles. The maximum atomic E-state index is 13.3. The topological polar surface area (TPSA) is 45.2 Å². The number of hydrogen-bond acceptors (Lipinski definition) is 3. The highest BCUT2D eigenvalue weighted by atomic mass is 16.2. The van der Waals surface area contributed by atoms with Gasteiger partial charge >= 0.3 is 0 Å². The SMILES string of the molecule is O=C(NCc1cnc2ccccc2c1)C1(N2CCCCC2)CCCCC1. The predicted molar refractivity (Wildman–Crippen MR) is 105 cm³/mol. The lowest BCUT2D eigenvalue weighted by Gasteiger charge is -2.46. The van der Waals surface area contributed by atoms with Gasteiger partial charge in [0.25, 0.3) is 0 Å². The number of hydrogen-bond donors (Lipinski definition) is 1. The van der Waals surface area contributed by atoms with Crippen molar-refractivity contribution in [3.05, 3.63) is 42.1 Å². The molecule has 0 bridgehead atoms. The number of aromatic nitrogens is 1.